The van der Waals surface area contributed by atoms with Gasteiger partial charge in [0.25, 0.3) is 0 Å². The van der Waals surface area contributed by atoms with E-state index in [9.17, 15) is 9.59 Å². The second-order valence-electron chi connectivity index (χ2n) is 11.1. The summed E-state index contributed by atoms with van der Waals surface area (Å²) in [5.41, 5.74) is 1.53. The van der Waals surface area contributed by atoms with Gasteiger partial charge in [-0.15, -0.1) is 0 Å². The van der Waals surface area contributed by atoms with Crippen molar-refractivity contribution in [2.75, 3.05) is 0 Å². The van der Waals surface area contributed by atoms with Crippen molar-refractivity contribution >= 4 is 11.9 Å². The van der Waals surface area contributed by atoms with E-state index in [1.807, 2.05) is 6.92 Å². The van der Waals surface area contributed by atoms with Crippen LogP contribution in [0.4, 0.5) is 0 Å². The molecule has 4 fully saturated rings. The van der Waals surface area contributed by atoms with Crippen molar-refractivity contribution in [1.29, 1.82) is 0 Å². The SMILES string of the molecule is CC(=O)O[C@@H]1CC[C@]2(C)C(=CC[C@H]3[C@H]4C[C@@H]5O[C@]5([C@H](C)OC(C)=O)[C@]4(C)CC[C@@H]32)C1. The van der Waals surface area contributed by atoms with Crippen molar-refractivity contribution in [3.05, 3.63) is 11.6 Å². The largest absolute Gasteiger partial charge is 0.462 e. The third-order valence-electron chi connectivity index (χ3n) is 9.85. The minimum atomic E-state index is -0.286. The number of esters is 2. The highest BCUT2D eigenvalue weighted by atomic mass is 16.7. The van der Waals surface area contributed by atoms with Crippen molar-refractivity contribution < 1.29 is 23.8 Å². The van der Waals surface area contributed by atoms with Gasteiger partial charge >= 0.3 is 11.9 Å². The van der Waals surface area contributed by atoms with E-state index >= 15 is 0 Å². The summed E-state index contributed by atoms with van der Waals surface area (Å²) in [6.45, 7) is 9.90. The van der Waals surface area contributed by atoms with Gasteiger partial charge in [-0.05, 0) is 68.6 Å². The fourth-order valence-corrected chi connectivity index (χ4v) is 8.52. The Balaban J connectivity index is 1.40. The Morgan fingerprint density at radius 3 is 2.60 bits per heavy atom. The highest BCUT2D eigenvalue weighted by molar-refractivity contribution is 5.66. The molecule has 5 heteroatoms. The van der Waals surface area contributed by atoms with Crippen LogP contribution < -0.4 is 0 Å². The van der Waals surface area contributed by atoms with Crippen molar-refractivity contribution in [3.63, 3.8) is 0 Å². The Bertz CT molecular complexity index is 803. The summed E-state index contributed by atoms with van der Waals surface area (Å²) in [6, 6.07) is 0. The monoisotopic (exact) mass is 416 g/mol. The molecule has 0 radical (unpaired) electrons. The molecule has 5 aliphatic rings. The van der Waals surface area contributed by atoms with E-state index < -0.39 is 0 Å². The minimum absolute atomic E-state index is 0.0487. The van der Waals surface area contributed by atoms with E-state index in [2.05, 4.69) is 19.9 Å². The van der Waals surface area contributed by atoms with Crippen LogP contribution in [-0.4, -0.2) is 35.9 Å². The lowest BCUT2D eigenvalue weighted by Gasteiger charge is -2.58. The number of fused-ring (bicyclic) bond motifs is 7. The number of ether oxygens (including phenoxy) is 3. The van der Waals surface area contributed by atoms with E-state index in [0.29, 0.717) is 17.8 Å². The standard InChI is InChI=1S/C25H36O5/c1-14(28-15(2)26)25-22(30-25)13-21-19-7-6-17-12-18(29-16(3)27)8-10-23(17,4)20(19)9-11-24(21,25)5/h6,14,18-22H,7-13H2,1-5H3/t14-,18+,19+,20-,21+,22-,23+,24+,25-/m0/s1. The summed E-state index contributed by atoms with van der Waals surface area (Å²) >= 11 is 0. The van der Waals surface area contributed by atoms with E-state index in [4.69, 9.17) is 14.2 Å². The Morgan fingerprint density at radius 2 is 1.90 bits per heavy atom. The molecule has 5 nitrogen and oxygen atoms in total. The second-order valence-corrected chi connectivity index (χ2v) is 11.1. The Hall–Kier alpha value is -1.36. The number of hydrogen-bond acceptors (Lipinski definition) is 5. The molecular formula is C25H36O5. The molecule has 1 saturated heterocycles. The van der Waals surface area contributed by atoms with Gasteiger partial charge in [-0.2, -0.15) is 0 Å². The van der Waals surface area contributed by atoms with Crippen LogP contribution >= 0.6 is 0 Å². The van der Waals surface area contributed by atoms with Gasteiger partial charge in [-0.25, -0.2) is 0 Å². The van der Waals surface area contributed by atoms with Crippen molar-refractivity contribution in [1.82, 2.24) is 0 Å². The van der Waals surface area contributed by atoms with Gasteiger partial charge in [0.2, 0.25) is 0 Å². The molecule has 0 spiro atoms. The molecule has 4 aliphatic carbocycles. The Labute approximate surface area is 179 Å². The molecule has 166 valence electrons. The smallest absolute Gasteiger partial charge is 0.302 e. The maximum absolute atomic E-state index is 11.6. The molecular weight excluding hydrogens is 380 g/mol. The van der Waals surface area contributed by atoms with E-state index in [1.165, 1.54) is 25.8 Å². The molecule has 3 saturated carbocycles. The first kappa shape index (κ1) is 20.5. The van der Waals surface area contributed by atoms with Crippen LogP contribution in [0.5, 0.6) is 0 Å². The first-order chi connectivity index (χ1) is 14.1. The van der Waals surface area contributed by atoms with E-state index in [0.717, 1.165) is 38.5 Å². The molecule has 5 rings (SSSR count). The average molecular weight is 417 g/mol. The molecule has 0 amide bonds. The van der Waals surface area contributed by atoms with Crippen molar-refractivity contribution in [2.24, 2.45) is 28.6 Å². The van der Waals surface area contributed by atoms with Crippen molar-refractivity contribution in [2.45, 2.75) is 103 Å². The van der Waals surface area contributed by atoms with Crippen LogP contribution in [0.25, 0.3) is 0 Å². The number of hydrogen-bond donors (Lipinski definition) is 0. The summed E-state index contributed by atoms with van der Waals surface area (Å²) in [5.74, 6) is 1.60. The predicted molar refractivity (Wildman–Crippen MR) is 111 cm³/mol. The van der Waals surface area contributed by atoms with Gasteiger partial charge in [0, 0.05) is 25.7 Å². The van der Waals surface area contributed by atoms with Gasteiger partial charge in [0.15, 0.2) is 0 Å². The zero-order chi connectivity index (χ0) is 21.5. The molecule has 0 aromatic carbocycles. The second kappa shape index (κ2) is 6.57. The zero-order valence-corrected chi connectivity index (χ0v) is 19.0. The fourth-order valence-electron chi connectivity index (χ4n) is 8.52. The maximum atomic E-state index is 11.6. The van der Waals surface area contributed by atoms with Gasteiger partial charge < -0.3 is 14.2 Å². The Kier molecular flexibility index (Phi) is 4.50. The molecule has 0 N–H and O–H groups in total. The quantitative estimate of drug-likeness (QED) is 0.383. The van der Waals surface area contributed by atoms with Crippen LogP contribution in [0.15, 0.2) is 11.6 Å². The summed E-state index contributed by atoms with van der Waals surface area (Å²) in [6.07, 6.45) is 10.1. The summed E-state index contributed by atoms with van der Waals surface area (Å²) in [7, 11) is 0. The topological polar surface area (TPSA) is 65.1 Å². The Morgan fingerprint density at radius 1 is 1.13 bits per heavy atom. The van der Waals surface area contributed by atoms with Crippen molar-refractivity contribution in [3.8, 4) is 0 Å². The lowest BCUT2D eigenvalue weighted by Crippen LogP contribution is -2.55. The van der Waals surface area contributed by atoms with Crippen LogP contribution in [0, 0.1) is 28.6 Å². The highest BCUT2D eigenvalue weighted by Crippen LogP contribution is 2.74. The maximum Gasteiger partial charge on any atom is 0.302 e. The lowest BCUT2D eigenvalue weighted by molar-refractivity contribution is -0.159. The first-order valence-corrected chi connectivity index (χ1v) is 11.8. The first-order valence-electron chi connectivity index (χ1n) is 11.8. The van der Waals surface area contributed by atoms with Gasteiger partial charge in [0.05, 0.1) is 6.10 Å². The van der Waals surface area contributed by atoms with Gasteiger partial charge in [-0.3, -0.25) is 9.59 Å². The van der Waals surface area contributed by atoms with Crippen LogP contribution in [0.3, 0.4) is 0 Å². The third kappa shape index (κ3) is 2.63. The molecule has 30 heavy (non-hydrogen) atoms. The summed E-state index contributed by atoms with van der Waals surface area (Å²) < 4.78 is 17.5. The van der Waals surface area contributed by atoms with Gasteiger partial charge in [0.1, 0.15) is 17.8 Å². The number of rotatable bonds is 3. The van der Waals surface area contributed by atoms with E-state index in [1.54, 1.807) is 0 Å². The number of carbonyl (C=O) groups is 2. The molecule has 0 bridgehead atoms. The number of carbonyl (C=O) groups excluding carboxylic acids is 2. The van der Waals surface area contributed by atoms with Crippen LogP contribution in [0.2, 0.25) is 0 Å². The fraction of sp³-hybridized carbons (Fsp3) is 0.840. The molecule has 9 atom stereocenters. The number of epoxide rings is 1. The van der Waals surface area contributed by atoms with E-state index in [-0.39, 0.29) is 46.7 Å². The molecule has 1 heterocycles. The van der Waals surface area contributed by atoms with Crippen LogP contribution in [0.1, 0.15) is 79.6 Å². The number of allylic oxidation sites excluding steroid dienone is 1. The normalized spacial score (nSPS) is 49.5. The highest BCUT2D eigenvalue weighted by Gasteiger charge is 2.79. The molecule has 1 aliphatic heterocycles. The zero-order valence-electron chi connectivity index (χ0n) is 19.0. The van der Waals surface area contributed by atoms with Crippen LogP contribution in [-0.2, 0) is 23.8 Å². The third-order valence-corrected chi connectivity index (χ3v) is 9.85. The average Bonchev–Trinajstić information content (AvgIpc) is 3.33. The lowest BCUT2D eigenvalue weighted by atomic mass is 9.47. The molecule has 0 aromatic heterocycles. The predicted octanol–water partition coefficient (Wildman–Crippen LogP) is 4.58. The minimum Gasteiger partial charge on any atom is -0.462 e. The molecule has 0 unspecified atom stereocenters. The summed E-state index contributed by atoms with van der Waals surface area (Å²) in [5, 5.41) is 0. The summed E-state index contributed by atoms with van der Waals surface area (Å²) in [4.78, 5) is 23.1. The van der Waals surface area contributed by atoms with Gasteiger partial charge in [-0.1, -0.05) is 25.5 Å². The molecule has 0 aromatic rings.